The number of thiophene rings is 1. The third kappa shape index (κ3) is 4.05. The third-order valence-electron chi connectivity index (χ3n) is 7.42. The number of carboxylic acid groups (broad SMARTS) is 1. The molecule has 6 nitrogen and oxygen atoms in total. The molecule has 8 heteroatoms. The number of carbonyl (C=O) groups is 2. The van der Waals surface area contributed by atoms with Crippen molar-refractivity contribution in [2.45, 2.75) is 57.4 Å². The van der Waals surface area contributed by atoms with Gasteiger partial charge in [-0.05, 0) is 49.8 Å². The predicted octanol–water partition coefficient (Wildman–Crippen LogP) is 5.42. The summed E-state index contributed by atoms with van der Waals surface area (Å²) in [5.41, 5.74) is 2.59. The van der Waals surface area contributed by atoms with Crippen molar-refractivity contribution < 1.29 is 19.1 Å². The number of nitrogens with zero attached hydrogens (tertiary/aromatic N) is 2. The van der Waals surface area contributed by atoms with Crippen molar-refractivity contribution in [3.05, 3.63) is 41.2 Å². The van der Waals surface area contributed by atoms with E-state index in [1.807, 2.05) is 30.0 Å². The van der Waals surface area contributed by atoms with Gasteiger partial charge in [0.15, 0.2) is 5.13 Å². The van der Waals surface area contributed by atoms with Crippen LogP contribution in [0.4, 0.5) is 4.39 Å². The van der Waals surface area contributed by atoms with E-state index in [0.717, 1.165) is 64.1 Å². The predicted molar refractivity (Wildman–Crippen MR) is 126 cm³/mol. The van der Waals surface area contributed by atoms with Crippen LogP contribution >= 0.6 is 11.3 Å². The van der Waals surface area contributed by atoms with Gasteiger partial charge in [-0.25, -0.2) is 0 Å². The number of nitrogens with one attached hydrogen (secondary N) is 1. The fourth-order valence-electron chi connectivity index (χ4n) is 5.90. The molecule has 1 amide bonds. The number of halogens is 1. The van der Waals surface area contributed by atoms with Gasteiger partial charge >= 0.3 is 5.97 Å². The minimum atomic E-state index is -0.728. The van der Waals surface area contributed by atoms with Crippen molar-refractivity contribution in [1.29, 1.82) is 0 Å². The molecule has 3 aromatic rings. The lowest BCUT2D eigenvalue weighted by Gasteiger charge is -2.46. The van der Waals surface area contributed by atoms with Crippen molar-refractivity contribution in [3.63, 3.8) is 0 Å². The summed E-state index contributed by atoms with van der Waals surface area (Å²) in [5.74, 6) is -1.05. The maximum absolute atomic E-state index is 13.7. The van der Waals surface area contributed by atoms with E-state index in [0.29, 0.717) is 19.4 Å². The van der Waals surface area contributed by atoms with Crippen molar-refractivity contribution in [1.82, 2.24) is 15.1 Å². The smallest absolute Gasteiger partial charge is 0.306 e. The molecule has 0 bridgehead atoms. The molecule has 5 rings (SSSR count). The van der Waals surface area contributed by atoms with E-state index in [-0.39, 0.29) is 34.8 Å². The lowest BCUT2D eigenvalue weighted by Crippen LogP contribution is -2.53. The maximum atomic E-state index is 13.7. The second-order valence-corrected chi connectivity index (χ2v) is 10.4. The second-order valence-electron chi connectivity index (χ2n) is 9.38. The number of aliphatic carboxylic acids is 1. The van der Waals surface area contributed by atoms with Crippen molar-refractivity contribution in [3.8, 4) is 10.4 Å². The summed E-state index contributed by atoms with van der Waals surface area (Å²) >= 11 is 1.10. The molecule has 174 valence electrons. The zero-order valence-electron chi connectivity index (χ0n) is 18.6. The highest BCUT2D eigenvalue weighted by Crippen LogP contribution is 2.41. The molecule has 0 spiro atoms. The molecule has 1 aliphatic carbocycles. The molecule has 1 saturated heterocycles. The number of amides is 1. The molecule has 4 unspecified atom stereocenters. The number of hydrogen-bond donors (Lipinski definition) is 2. The Labute approximate surface area is 195 Å². The van der Waals surface area contributed by atoms with E-state index in [1.54, 1.807) is 6.07 Å². The standard InChI is InChI=1S/C25H28FN3O3S/c1-14(13-22(30)29-12-4-7-15-16(25(31)32)5-3-9-19(15)29)24-23-17(20-10-11-21(26)33-20)6-2-8-18(23)27-28-24/h2,6,8,10-11,14-16,19H,3-5,7,9,12-13H2,1H3,(H,27,28)(H,31,32). The third-order valence-corrected chi connectivity index (χ3v) is 8.33. The van der Waals surface area contributed by atoms with Crippen LogP contribution in [0.15, 0.2) is 30.3 Å². The molecular formula is C25H28FN3O3S. The van der Waals surface area contributed by atoms with Crippen LogP contribution in [0.3, 0.4) is 0 Å². The number of benzene rings is 1. The Morgan fingerprint density at radius 2 is 2.09 bits per heavy atom. The molecule has 0 radical (unpaired) electrons. The van der Waals surface area contributed by atoms with E-state index in [9.17, 15) is 19.1 Å². The molecule has 1 aromatic carbocycles. The lowest BCUT2D eigenvalue weighted by atomic mass is 9.71. The van der Waals surface area contributed by atoms with Gasteiger partial charge in [0.25, 0.3) is 0 Å². The number of hydrogen-bond acceptors (Lipinski definition) is 4. The Morgan fingerprint density at radius 1 is 1.24 bits per heavy atom. The zero-order chi connectivity index (χ0) is 23.1. The molecule has 2 fully saturated rings. The van der Waals surface area contributed by atoms with Crippen LogP contribution in [-0.4, -0.2) is 44.7 Å². The summed E-state index contributed by atoms with van der Waals surface area (Å²) in [5, 5.41) is 17.9. The van der Waals surface area contributed by atoms with Gasteiger partial charge in [-0.2, -0.15) is 9.49 Å². The van der Waals surface area contributed by atoms with Gasteiger partial charge in [0.05, 0.1) is 11.4 Å². The number of H-pyrrole nitrogens is 1. The first kappa shape index (κ1) is 22.1. The summed E-state index contributed by atoms with van der Waals surface area (Å²) in [6.07, 6.45) is 4.50. The van der Waals surface area contributed by atoms with Crippen LogP contribution < -0.4 is 0 Å². The van der Waals surface area contributed by atoms with Crippen LogP contribution in [0.2, 0.25) is 0 Å². The number of aromatic amines is 1. The number of fused-ring (bicyclic) bond motifs is 2. The number of likely N-dealkylation sites (tertiary alicyclic amines) is 1. The fraction of sp³-hybridized carbons (Fsp3) is 0.480. The number of carboxylic acids is 1. The molecule has 3 heterocycles. The molecule has 2 N–H and O–H groups in total. The number of piperidine rings is 1. The van der Waals surface area contributed by atoms with Crippen LogP contribution in [0.25, 0.3) is 21.3 Å². The fourth-order valence-corrected chi connectivity index (χ4v) is 6.66. The summed E-state index contributed by atoms with van der Waals surface area (Å²) in [7, 11) is 0. The van der Waals surface area contributed by atoms with Crippen LogP contribution in [0.5, 0.6) is 0 Å². The Bertz CT molecular complexity index is 1190. The Balaban J connectivity index is 1.39. The molecular weight excluding hydrogens is 441 g/mol. The first-order valence-corrected chi connectivity index (χ1v) is 12.5. The average Bonchev–Trinajstić information content (AvgIpc) is 3.44. The highest BCUT2D eigenvalue weighted by Gasteiger charge is 2.43. The Hall–Kier alpha value is -2.74. The minimum absolute atomic E-state index is 0.0245. The SMILES string of the molecule is CC(CC(=O)N1CCCC2C(C(=O)O)CCCC21)c1[nH]nc2cccc(-c3ccc(F)s3)c12. The first-order valence-electron chi connectivity index (χ1n) is 11.7. The summed E-state index contributed by atoms with van der Waals surface area (Å²) in [6, 6.07) is 9.05. The van der Waals surface area contributed by atoms with Crippen molar-refractivity contribution in [2.75, 3.05) is 6.54 Å². The molecule has 4 atom stereocenters. The van der Waals surface area contributed by atoms with E-state index >= 15 is 0 Å². The molecule has 2 aromatic heterocycles. The maximum Gasteiger partial charge on any atom is 0.306 e. The number of rotatable bonds is 5. The number of aromatic nitrogens is 2. The molecule has 2 aliphatic rings. The highest BCUT2D eigenvalue weighted by molar-refractivity contribution is 7.14. The summed E-state index contributed by atoms with van der Waals surface area (Å²) < 4.78 is 13.7. The second kappa shape index (κ2) is 8.89. The van der Waals surface area contributed by atoms with Gasteiger partial charge in [0, 0.05) is 46.4 Å². The molecule has 1 aliphatic heterocycles. The van der Waals surface area contributed by atoms with Crippen LogP contribution in [0, 0.1) is 17.0 Å². The van der Waals surface area contributed by atoms with E-state index in [4.69, 9.17) is 0 Å². The average molecular weight is 470 g/mol. The summed E-state index contributed by atoms with van der Waals surface area (Å²) in [6.45, 7) is 2.71. The molecule has 1 saturated carbocycles. The minimum Gasteiger partial charge on any atom is -0.481 e. The lowest BCUT2D eigenvalue weighted by molar-refractivity contribution is -0.152. The van der Waals surface area contributed by atoms with Crippen LogP contribution in [0.1, 0.15) is 57.1 Å². The van der Waals surface area contributed by atoms with Crippen LogP contribution in [-0.2, 0) is 9.59 Å². The van der Waals surface area contributed by atoms with E-state index in [2.05, 4.69) is 10.2 Å². The van der Waals surface area contributed by atoms with Gasteiger partial charge in [-0.3, -0.25) is 14.7 Å². The highest BCUT2D eigenvalue weighted by atomic mass is 32.1. The van der Waals surface area contributed by atoms with Gasteiger partial charge in [-0.1, -0.05) is 25.5 Å². The first-order chi connectivity index (χ1) is 15.9. The van der Waals surface area contributed by atoms with E-state index in [1.165, 1.54) is 6.07 Å². The van der Waals surface area contributed by atoms with Gasteiger partial charge in [0.1, 0.15) is 0 Å². The monoisotopic (exact) mass is 469 g/mol. The topological polar surface area (TPSA) is 86.3 Å². The van der Waals surface area contributed by atoms with E-state index < -0.39 is 5.97 Å². The number of carbonyl (C=O) groups excluding carboxylic acids is 1. The van der Waals surface area contributed by atoms with Crippen molar-refractivity contribution >= 4 is 34.1 Å². The summed E-state index contributed by atoms with van der Waals surface area (Å²) in [4.78, 5) is 28.0. The quantitative estimate of drug-likeness (QED) is 0.523. The zero-order valence-corrected chi connectivity index (χ0v) is 19.4. The largest absolute Gasteiger partial charge is 0.481 e. The Kier molecular flexibility index (Phi) is 5.95. The van der Waals surface area contributed by atoms with Gasteiger partial charge in [0.2, 0.25) is 5.91 Å². The Morgan fingerprint density at radius 3 is 2.85 bits per heavy atom. The van der Waals surface area contributed by atoms with Crippen molar-refractivity contribution in [2.24, 2.45) is 11.8 Å². The van der Waals surface area contributed by atoms with Gasteiger partial charge < -0.3 is 10.0 Å². The normalized spacial score (nSPS) is 23.9. The molecule has 33 heavy (non-hydrogen) atoms. The van der Waals surface area contributed by atoms with Gasteiger partial charge in [-0.15, -0.1) is 11.3 Å².